The smallest absolute Gasteiger partial charge is 0.290 e. The van der Waals surface area contributed by atoms with Crippen molar-refractivity contribution in [3.05, 3.63) is 94.9 Å². The largest absolute Gasteiger partial charge is 0.485 e. The highest BCUT2D eigenvalue weighted by Gasteiger charge is 2.28. The first-order chi connectivity index (χ1) is 16.1. The summed E-state index contributed by atoms with van der Waals surface area (Å²) < 4.78 is 12.3. The van der Waals surface area contributed by atoms with E-state index in [-0.39, 0.29) is 17.9 Å². The number of rotatable bonds is 3. The fourth-order valence-electron chi connectivity index (χ4n) is 3.51. The van der Waals surface area contributed by atoms with Gasteiger partial charge >= 0.3 is 0 Å². The molecule has 4 aromatic rings. The molecule has 0 unspecified atom stereocenters. The van der Waals surface area contributed by atoms with Crippen molar-refractivity contribution in [1.82, 2.24) is 20.6 Å². The monoisotopic (exact) mass is 442 g/mol. The molecule has 0 saturated carbocycles. The first-order valence-electron chi connectivity index (χ1n) is 10.2. The molecule has 1 aromatic heterocycles. The molecule has 1 atom stereocenters. The minimum atomic E-state index is -0.942. The normalized spacial score (nSPS) is 14.5. The van der Waals surface area contributed by atoms with Crippen LogP contribution in [-0.4, -0.2) is 34.3 Å². The van der Waals surface area contributed by atoms with Gasteiger partial charge < -0.3 is 9.47 Å². The number of carbonyl (C=O) groups is 2. The molecule has 2 N–H and O–H groups in total. The third-order valence-electron chi connectivity index (χ3n) is 5.12. The minimum Gasteiger partial charge on any atom is -0.485 e. The molecule has 0 aliphatic carbocycles. The molecule has 33 heavy (non-hydrogen) atoms. The first-order valence-corrected chi connectivity index (χ1v) is 10.2. The van der Waals surface area contributed by atoms with Crippen LogP contribution < -0.4 is 25.9 Å². The van der Waals surface area contributed by atoms with E-state index < -0.39 is 17.9 Å². The lowest BCUT2D eigenvalue weighted by atomic mass is 10.1. The Balaban J connectivity index is 1.39. The molecule has 2 heterocycles. The van der Waals surface area contributed by atoms with E-state index in [2.05, 4.69) is 16.0 Å². The Bertz CT molecular complexity index is 1420. The van der Waals surface area contributed by atoms with Crippen LogP contribution in [0.15, 0.2) is 83.7 Å². The zero-order chi connectivity index (χ0) is 22.8. The van der Waals surface area contributed by atoms with Crippen LogP contribution in [0.5, 0.6) is 11.5 Å². The van der Waals surface area contributed by atoms with Crippen LogP contribution in [0, 0.1) is 0 Å². The summed E-state index contributed by atoms with van der Waals surface area (Å²) in [5.74, 6) is -0.276. The van der Waals surface area contributed by atoms with E-state index in [1.165, 1.54) is 0 Å². The Morgan fingerprint density at radius 1 is 0.848 bits per heavy atom. The molecule has 1 aliphatic heterocycles. The number of carbonyl (C=O) groups excluding carboxylic acids is 2. The lowest BCUT2D eigenvalue weighted by molar-refractivity contribution is -0.131. The number of aromatic nitrogens is 2. The summed E-state index contributed by atoms with van der Waals surface area (Å²) in [6, 6.07) is 22.4. The Kier molecular flexibility index (Phi) is 5.19. The van der Waals surface area contributed by atoms with Gasteiger partial charge in [0.15, 0.2) is 17.2 Å². The van der Waals surface area contributed by atoms with Crippen LogP contribution in [0.4, 0.5) is 0 Å². The Morgan fingerprint density at radius 2 is 1.52 bits per heavy atom. The number of hydrogen-bond donors (Lipinski definition) is 2. The zero-order valence-corrected chi connectivity index (χ0v) is 17.2. The number of nitrogens with zero attached hydrogens (tertiary/aromatic N) is 2. The number of amides is 2. The maximum atomic E-state index is 13.0. The van der Waals surface area contributed by atoms with Crippen LogP contribution in [0.2, 0.25) is 0 Å². The highest BCUT2D eigenvalue weighted by Crippen LogP contribution is 2.30. The topological polar surface area (TPSA) is 112 Å². The summed E-state index contributed by atoms with van der Waals surface area (Å²) in [6.45, 7) is -0.00121. The average molecular weight is 442 g/mol. The van der Waals surface area contributed by atoms with Gasteiger partial charge in [0.05, 0.1) is 11.1 Å². The first kappa shape index (κ1) is 20.3. The van der Waals surface area contributed by atoms with Gasteiger partial charge in [0.25, 0.3) is 17.4 Å². The number of nitrogens with one attached hydrogen (secondary N) is 2. The van der Waals surface area contributed by atoms with Crippen LogP contribution in [0.1, 0.15) is 10.5 Å². The van der Waals surface area contributed by atoms with E-state index in [0.717, 1.165) is 4.68 Å². The standard InChI is InChI=1S/C24H18N4O5/c29-22(20-14-32-18-12-6-7-13-19(18)33-20)25-26-23(30)21-16-10-4-5-11-17(16)24(31)28(27-21)15-8-2-1-3-9-15/h1-13,20H,14H2,(H,25,29)(H,26,30)/t20-/m0/s1. The molecule has 0 saturated heterocycles. The van der Waals surface area contributed by atoms with Crippen molar-refractivity contribution < 1.29 is 19.1 Å². The number of para-hydroxylation sites is 3. The van der Waals surface area contributed by atoms with Crippen molar-refractivity contribution in [2.75, 3.05) is 6.61 Å². The lowest BCUT2D eigenvalue weighted by Crippen LogP contribution is -2.51. The van der Waals surface area contributed by atoms with Gasteiger partial charge in [-0.1, -0.05) is 48.5 Å². The molecule has 0 spiro atoms. The van der Waals surface area contributed by atoms with Crippen molar-refractivity contribution in [3.63, 3.8) is 0 Å². The Morgan fingerprint density at radius 3 is 2.30 bits per heavy atom. The predicted octanol–water partition coefficient (Wildman–Crippen LogP) is 1.99. The molecule has 3 aromatic carbocycles. The second-order valence-electron chi connectivity index (χ2n) is 7.25. The number of hydrogen-bond acceptors (Lipinski definition) is 6. The SMILES string of the molecule is O=C(NNC(=O)[C@@H]1COc2ccccc2O1)c1nn(-c2ccccc2)c(=O)c2ccccc12. The molecule has 0 radical (unpaired) electrons. The van der Waals surface area contributed by atoms with E-state index in [9.17, 15) is 14.4 Å². The van der Waals surface area contributed by atoms with E-state index in [0.29, 0.717) is 28.0 Å². The number of benzene rings is 3. The number of ether oxygens (including phenoxy) is 2. The zero-order valence-electron chi connectivity index (χ0n) is 17.2. The maximum absolute atomic E-state index is 13.0. The highest BCUT2D eigenvalue weighted by molar-refractivity contribution is 6.05. The van der Waals surface area contributed by atoms with Gasteiger partial charge in [-0.05, 0) is 30.3 Å². The molecule has 9 nitrogen and oxygen atoms in total. The fourth-order valence-corrected chi connectivity index (χ4v) is 3.51. The highest BCUT2D eigenvalue weighted by atomic mass is 16.6. The number of hydrazine groups is 1. The third-order valence-corrected chi connectivity index (χ3v) is 5.12. The van der Waals surface area contributed by atoms with Crippen molar-refractivity contribution in [1.29, 1.82) is 0 Å². The van der Waals surface area contributed by atoms with Gasteiger partial charge in [0, 0.05) is 5.39 Å². The molecule has 0 fully saturated rings. The molecule has 9 heteroatoms. The van der Waals surface area contributed by atoms with Crippen LogP contribution in [0.3, 0.4) is 0 Å². The Hall–Kier alpha value is -4.66. The van der Waals surface area contributed by atoms with Gasteiger partial charge in [0.1, 0.15) is 6.61 Å². The van der Waals surface area contributed by atoms with E-state index in [1.807, 2.05) is 6.07 Å². The van der Waals surface area contributed by atoms with Crippen molar-refractivity contribution >= 4 is 22.6 Å². The summed E-state index contributed by atoms with van der Waals surface area (Å²) in [4.78, 5) is 38.5. The fraction of sp³-hybridized carbons (Fsp3) is 0.0833. The molecule has 2 amide bonds. The van der Waals surface area contributed by atoms with Crippen molar-refractivity contribution in [2.45, 2.75) is 6.10 Å². The van der Waals surface area contributed by atoms with Gasteiger partial charge in [-0.15, -0.1) is 0 Å². The quantitative estimate of drug-likeness (QED) is 0.470. The van der Waals surface area contributed by atoms with Crippen molar-refractivity contribution in [3.8, 4) is 17.2 Å². The molecule has 5 rings (SSSR count). The summed E-state index contributed by atoms with van der Waals surface area (Å²) in [6.07, 6.45) is -0.942. The number of fused-ring (bicyclic) bond motifs is 2. The molecule has 0 bridgehead atoms. The van der Waals surface area contributed by atoms with E-state index >= 15 is 0 Å². The van der Waals surface area contributed by atoms with Gasteiger partial charge in [-0.2, -0.15) is 9.78 Å². The summed E-state index contributed by atoms with van der Waals surface area (Å²) in [5, 5.41) is 4.97. The van der Waals surface area contributed by atoms with E-state index in [1.54, 1.807) is 72.8 Å². The molecular formula is C24H18N4O5. The van der Waals surface area contributed by atoms with E-state index in [4.69, 9.17) is 9.47 Å². The summed E-state index contributed by atoms with van der Waals surface area (Å²) in [7, 11) is 0. The van der Waals surface area contributed by atoms with Gasteiger partial charge in [-0.3, -0.25) is 25.2 Å². The summed E-state index contributed by atoms with van der Waals surface area (Å²) in [5.41, 5.74) is 4.85. The second kappa shape index (κ2) is 8.46. The second-order valence-corrected chi connectivity index (χ2v) is 7.25. The maximum Gasteiger partial charge on any atom is 0.290 e. The molecular weight excluding hydrogens is 424 g/mol. The van der Waals surface area contributed by atoms with Gasteiger partial charge in [-0.25, -0.2) is 0 Å². The minimum absolute atomic E-state index is 0.00121. The van der Waals surface area contributed by atoms with Crippen molar-refractivity contribution in [2.24, 2.45) is 0 Å². The van der Waals surface area contributed by atoms with Crippen LogP contribution >= 0.6 is 0 Å². The van der Waals surface area contributed by atoms with Crippen LogP contribution in [-0.2, 0) is 4.79 Å². The average Bonchev–Trinajstić information content (AvgIpc) is 2.87. The molecule has 1 aliphatic rings. The molecule has 164 valence electrons. The van der Waals surface area contributed by atoms with Crippen LogP contribution in [0.25, 0.3) is 16.5 Å². The third kappa shape index (κ3) is 3.87. The summed E-state index contributed by atoms with van der Waals surface area (Å²) >= 11 is 0. The predicted molar refractivity (Wildman–Crippen MR) is 119 cm³/mol. The Labute approximate surface area is 187 Å². The lowest BCUT2D eigenvalue weighted by Gasteiger charge is -2.25. The van der Waals surface area contributed by atoms with Gasteiger partial charge in [0.2, 0.25) is 6.10 Å².